The molecule has 6 heteroatoms. The van der Waals surface area contributed by atoms with Crippen LogP contribution in [0.5, 0.6) is 0 Å². The molecule has 4 aromatic rings. The van der Waals surface area contributed by atoms with Crippen molar-refractivity contribution < 1.29 is 14.3 Å². The standard InChI is InChI=1S/C27H25BrN2O3/c1-33-27(32)23(17-18-9-4-2-5-10-18)29-24(31)16-15-21-20-13-8-14-22(28)26(20)30-25(21)19-11-6-3-7-12-19/h2-14,23,30H,15-17H2,1H3,(H,29,31). The summed E-state index contributed by atoms with van der Waals surface area (Å²) >= 11 is 3.62. The normalized spacial score (nSPS) is 11.8. The number of benzene rings is 3. The van der Waals surface area contributed by atoms with Crippen molar-refractivity contribution in [2.45, 2.75) is 25.3 Å². The fraction of sp³-hybridized carbons (Fsp3) is 0.185. The van der Waals surface area contributed by atoms with Gasteiger partial charge in [0.05, 0.1) is 12.6 Å². The molecule has 0 bridgehead atoms. The quantitative estimate of drug-likeness (QED) is 0.314. The number of para-hydroxylation sites is 1. The summed E-state index contributed by atoms with van der Waals surface area (Å²) in [5, 5.41) is 3.94. The lowest BCUT2D eigenvalue weighted by Crippen LogP contribution is -2.43. The maximum absolute atomic E-state index is 12.9. The maximum Gasteiger partial charge on any atom is 0.328 e. The predicted molar refractivity (Wildman–Crippen MR) is 134 cm³/mol. The second-order valence-corrected chi connectivity index (χ2v) is 8.69. The third kappa shape index (κ3) is 5.34. The van der Waals surface area contributed by atoms with E-state index >= 15 is 0 Å². The number of hydrogen-bond acceptors (Lipinski definition) is 3. The number of aromatic nitrogens is 1. The van der Waals surface area contributed by atoms with Gasteiger partial charge in [0.1, 0.15) is 6.04 Å². The minimum Gasteiger partial charge on any atom is -0.467 e. The zero-order valence-corrected chi connectivity index (χ0v) is 19.9. The third-order valence-corrected chi connectivity index (χ3v) is 6.32. The fourth-order valence-corrected chi connectivity index (χ4v) is 4.50. The van der Waals surface area contributed by atoms with E-state index in [0.717, 1.165) is 37.8 Å². The summed E-state index contributed by atoms with van der Waals surface area (Å²) in [5.74, 6) is -0.641. The molecule has 1 aromatic heterocycles. The van der Waals surface area contributed by atoms with Gasteiger partial charge in [-0.25, -0.2) is 4.79 Å². The molecule has 5 nitrogen and oxygen atoms in total. The van der Waals surface area contributed by atoms with Crippen LogP contribution in [0.15, 0.2) is 83.3 Å². The van der Waals surface area contributed by atoms with E-state index in [1.165, 1.54) is 7.11 Å². The number of esters is 1. The zero-order valence-electron chi connectivity index (χ0n) is 18.3. The number of aromatic amines is 1. The number of ether oxygens (including phenoxy) is 1. The van der Waals surface area contributed by atoms with Crippen LogP contribution in [-0.4, -0.2) is 30.0 Å². The van der Waals surface area contributed by atoms with Crippen LogP contribution in [-0.2, 0) is 27.2 Å². The predicted octanol–water partition coefficient (Wildman–Crippen LogP) is 5.43. The number of hydrogen-bond donors (Lipinski definition) is 2. The smallest absolute Gasteiger partial charge is 0.328 e. The van der Waals surface area contributed by atoms with E-state index in [9.17, 15) is 9.59 Å². The van der Waals surface area contributed by atoms with Gasteiger partial charge < -0.3 is 15.0 Å². The van der Waals surface area contributed by atoms with Crippen LogP contribution in [0.25, 0.3) is 22.2 Å². The van der Waals surface area contributed by atoms with E-state index in [1.54, 1.807) is 0 Å². The molecule has 0 aliphatic heterocycles. The minimum absolute atomic E-state index is 0.190. The van der Waals surface area contributed by atoms with Gasteiger partial charge in [0.15, 0.2) is 0 Å². The second-order valence-electron chi connectivity index (χ2n) is 7.84. The second kappa shape index (κ2) is 10.5. The summed E-state index contributed by atoms with van der Waals surface area (Å²) in [6.07, 6.45) is 1.17. The summed E-state index contributed by atoms with van der Waals surface area (Å²) < 4.78 is 5.89. The molecule has 0 saturated carbocycles. The molecule has 4 rings (SSSR count). The van der Waals surface area contributed by atoms with Crippen molar-refractivity contribution in [2.75, 3.05) is 7.11 Å². The number of methoxy groups -OCH3 is 1. The maximum atomic E-state index is 12.9. The number of aryl methyl sites for hydroxylation is 1. The van der Waals surface area contributed by atoms with Gasteiger partial charge in [-0.2, -0.15) is 0 Å². The van der Waals surface area contributed by atoms with Gasteiger partial charge in [0.2, 0.25) is 5.91 Å². The Morgan fingerprint density at radius 2 is 1.67 bits per heavy atom. The summed E-state index contributed by atoms with van der Waals surface area (Å²) in [5.41, 5.74) is 5.10. The van der Waals surface area contributed by atoms with E-state index in [1.807, 2.05) is 60.7 Å². The molecule has 1 heterocycles. The van der Waals surface area contributed by atoms with E-state index in [0.29, 0.717) is 12.8 Å². The van der Waals surface area contributed by atoms with Crippen LogP contribution in [0.2, 0.25) is 0 Å². The largest absolute Gasteiger partial charge is 0.467 e. The highest BCUT2D eigenvalue weighted by molar-refractivity contribution is 9.10. The van der Waals surface area contributed by atoms with Crippen molar-refractivity contribution >= 4 is 38.7 Å². The van der Waals surface area contributed by atoms with Crippen molar-refractivity contribution in [1.29, 1.82) is 0 Å². The van der Waals surface area contributed by atoms with E-state index in [-0.39, 0.29) is 12.3 Å². The van der Waals surface area contributed by atoms with Crippen molar-refractivity contribution in [3.8, 4) is 11.3 Å². The zero-order chi connectivity index (χ0) is 23.2. The van der Waals surface area contributed by atoms with Gasteiger partial charge in [-0.3, -0.25) is 4.79 Å². The number of carbonyl (C=O) groups is 2. The summed E-state index contributed by atoms with van der Waals surface area (Å²) in [6.45, 7) is 0. The summed E-state index contributed by atoms with van der Waals surface area (Å²) in [7, 11) is 1.34. The number of fused-ring (bicyclic) bond motifs is 1. The Kier molecular flexibility index (Phi) is 7.25. The van der Waals surface area contributed by atoms with E-state index < -0.39 is 12.0 Å². The molecule has 0 saturated heterocycles. The van der Waals surface area contributed by atoms with Crippen molar-refractivity contribution in [2.24, 2.45) is 0 Å². The van der Waals surface area contributed by atoms with Crippen LogP contribution < -0.4 is 5.32 Å². The number of nitrogens with one attached hydrogen (secondary N) is 2. The van der Waals surface area contributed by atoms with Gasteiger partial charge >= 0.3 is 5.97 Å². The Labute approximate surface area is 201 Å². The van der Waals surface area contributed by atoms with Crippen molar-refractivity contribution in [3.63, 3.8) is 0 Å². The highest BCUT2D eigenvalue weighted by Gasteiger charge is 2.23. The molecule has 0 radical (unpaired) electrons. The fourth-order valence-electron chi connectivity index (χ4n) is 4.04. The molecule has 0 fully saturated rings. The number of halogens is 1. The molecule has 0 aliphatic carbocycles. The van der Waals surface area contributed by atoms with Gasteiger partial charge in [0.25, 0.3) is 0 Å². The highest BCUT2D eigenvalue weighted by Crippen LogP contribution is 2.34. The lowest BCUT2D eigenvalue weighted by Gasteiger charge is -2.17. The number of rotatable bonds is 8. The van der Waals surface area contributed by atoms with Crippen LogP contribution >= 0.6 is 15.9 Å². The molecule has 1 amide bonds. The topological polar surface area (TPSA) is 71.2 Å². The number of carbonyl (C=O) groups excluding carboxylic acids is 2. The van der Waals surface area contributed by atoms with Crippen LogP contribution in [0.3, 0.4) is 0 Å². The number of amides is 1. The first-order valence-electron chi connectivity index (χ1n) is 10.8. The molecule has 0 spiro atoms. The Morgan fingerprint density at radius 3 is 2.36 bits per heavy atom. The van der Waals surface area contributed by atoms with Crippen LogP contribution in [0, 0.1) is 0 Å². The molecule has 1 unspecified atom stereocenters. The molecule has 3 aromatic carbocycles. The summed E-state index contributed by atoms with van der Waals surface area (Å²) in [4.78, 5) is 28.7. The molecule has 1 atom stereocenters. The molecule has 33 heavy (non-hydrogen) atoms. The molecule has 168 valence electrons. The van der Waals surface area contributed by atoms with Gasteiger partial charge in [-0.05, 0) is 45.1 Å². The van der Waals surface area contributed by atoms with Gasteiger partial charge in [0, 0.05) is 28.4 Å². The van der Waals surface area contributed by atoms with E-state index in [2.05, 4.69) is 44.4 Å². The average Bonchev–Trinajstić information content (AvgIpc) is 3.23. The third-order valence-electron chi connectivity index (χ3n) is 5.66. The van der Waals surface area contributed by atoms with Crippen LogP contribution in [0.1, 0.15) is 17.5 Å². The van der Waals surface area contributed by atoms with E-state index in [4.69, 9.17) is 4.74 Å². The van der Waals surface area contributed by atoms with Crippen molar-refractivity contribution in [3.05, 3.63) is 94.5 Å². The average molecular weight is 505 g/mol. The first kappa shape index (κ1) is 22.8. The lowest BCUT2D eigenvalue weighted by atomic mass is 10.0. The molecular formula is C27H25BrN2O3. The molecule has 2 N–H and O–H groups in total. The first-order valence-corrected chi connectivity index (χ1v) is 11.6. The summed E-state index contributed by atoms with van der Waals surface area (Å²) in [6, 6.07) is 25.0. The minimum atomic E-state index is -0.726. The molecule has 0 aliphatic rings. The van der Waals surface area contributed by atoms with Gasteiger partial charge in [-0.15, -0.1) is 0 Å². The van der Waals surface area contributed by atoms with Crippen molar-refractivity contribution in [1.82, 2.24) is 10.3 Å². The Morgan fingerprint density at radius 1 is 0.970 bits per heavy atom. The Hall–Kier alpha value is -3.38. The Bertz CT molecular complexity index is 1250. The lowest BCUT2D eigenvalue weighted by molar-refractivity contribution is -0.145. The number of H-pyrrole nitrogens is 1. The molecular weight excluding hydrogens is 480 g/mol. The Balaban J connectivity index is 1.54. The van der Waals surface area contributed by atoms with Crippen LogP contribution in [0.4, 0.5) is 0 Å². The van der Waals surface area contributed by atoms with Gasteiger partial charge in [-0.1, -0.05) is 72.8 Å². The first-order chi connectivity index (χ1) is 16.1. The highest BCUT2D eigenvalue weighted by atomic mass is 79.9. The SMILES string of the molecule is COC(=O)C(Cc1ccccc1)NC(=O)CCc1c(-c2ccccc2)[nH]c2c(Br)cccc12. The monoisotopic (exact) mass is 504 g/mol.